The first-order valence-electron chi connectivity index (χ1n) is 16.9. The molecule has 3 nitrogen and oxygen atoms in total. The molecule has 0 aliphatic heterocycles. The molecule has 0 radical (unpaired) electrons. The van der Waals surface area contributed by atoms with Crippen molar-refractivity contribution in [1.29, 1.82) is 0 Å². The molecule has 0 saturated carbocycles. The molecule has 0 spiro atoms. The minimum atomic E-state index is 0.868. The van der Waals surface area contributed by atoms with Gasteiger partial charge >= 0.3 is 0 Å². The Morgan fingerprint density at radius 2 is 1.18 bits per heavy atom. The topological polar surface area (TPSA) is 21.3 Å². The fourth-order valence-corrected chi connectivity index (χ4v) is 9.13. The van der Waals surface area contributed by atoms with Crippen LogP contribution in [0.15, 0.2) is 174 Å². The quantitative estimate of drug-likeness (QED) is 0.188. The molecule has 0 saturated heterocycles. The van der Waals surface area contributed by atoms with Crippen molar-refractivity contribution in [3.8, 4) is 5.69 Å². The Morgan fingerprint density at radius 1 is 0.480 bits per heavy atom. The van der Waals surface area contributed by atoms with Gasteiger partial charge in [-0.2, -0.15) is 0 Å². The maximum absolute atomic E-state index is 6.75. The van der Waals surface area contributed by atoms with Gasteiger partial charge in [-0.05, 0) is 71.4 Å². The number of anilines is 3. The van der Waals surface area contributed by atoms with Gasteiger partial charge in [-0.15, -0.1) is 11.3 Å². The minimum Gasteiger partial charge on any atom is -0.454 e. The molecular formula is C46H28N2OS. The zero-order chi connectivity index (χ0) is 32.8. The van der Waals surface area contributed by atoms with Crippen molar-refractivity contribution in [2.24, 2.45) is 0 Å². The Bertz CT molecular complexity index is 3110. The van der Waals surface area contributed by atoms with Crippen molar-refractivity contribution >= 4 is 103 Å². The van der Waals surface area contributed by atoms with Crippen molar-refractivity contribution in [2.75, 3.05) is 4.90 Å². The van der Waals surface area contributed by atoms with Crippen LogP contribution in [0, 0.1) is 0 Å². The number of benzene rings is 8. The number of hydrogen-bond acceptors (Lipinski definition) is 3. The van der Waals surface area contributed by atoms with Gasteiger partial charge in [-0.25, -0.2) is 0 Å². The third kappa shape index (κ3) is 3.91. The average Bonchev–Trinajstić information content (AvgIpc) is 3.86. The van der Waals surface area contributed by atoms with Crippen LogP contribution in [0.25, 0.3) is 80.4 Å². The fraction of sp³-hybridized carbons (Fsp3) is 0. The zero-order valence-electron chi connectivity index (χ0n) is 26.9. The van der Waals surface area contributed by atoms with Crippen molar-refractivity contribution in [1.82, 2.24) is 4.57 Å². The predicted molar refractivity (Wildman–Crippen MR) is 213 cm³/mol. The Balaban J connectivity index is 1.29. The van der Waals surface area contributed by atoms with Crippen LogP contribution in [0.5, 0.6) is 0 Å². The summed E-state index contributed by atoms with van der Waals surface area (Å²) in [6, 6.07) is 61.2. The fourth-order valence-electron chi connectivity index (χ4n) is 8.01. The molecule has 4 heteroatoms. The first-order valence-corrected chi connectivity index (χ1v) is 17.8. The van der Waals surface area contributed by atoms with E-state index >= 15 is 0 Å². The van der Waals surface area contributed by atoms with Crippen LogP contribution in [0.2, 0.25) is 0 Å². The third-order valence-electron chi connectivity index (χ3n) is 10.2. The van der Waals surface area contributed by atoms with E-state index in [4.69, 9.17) is 4.42 Å². The highest BCUT2D eigenvalue weighted by molar-refractivity contribution is 7.26. The highest BCUT2D eigenvalue weighted by Crippen LogP contribution is 2.48. The van der Waals surface area contributed by atoms with Crippen LogP contribution in [0.4, 0.5) is 17.1 Å². The van der Waals surface area contributed by atoms with Gasteiger partial charge in [0.2, 0.25) is 0 Å². The number of thiophene rings is 1. The van der Waals surface area contributed by atoms with E-state index in [2.05, 4.69) is 173 Å². The molecule has 0 bridgehead atoms. The second-order valence-corrected chi connectivity index (χ2v) is 14.0. The van der Waals surface area contributed by atoms with Crippen molar-refractivity contribution in [3.05, 3.63) is 170 Å². The number of aromatic nitrogens is 1. The zero-order valence-corrected chi connectivity index (χ0v) is 27.7. The van der Waals surface area contributed by atoms with E-state index in [0.29, 0.717) is 0 Å². The van der Waals surface area contributed by atoms with Crippen LogP contribution in [0.1, 0.15) is 0 Å². The Morgan fingerprint density at radius 3 is 2.08 bits per heavy atom. The van der Waals surface area contributed by atoms with Crippen molar-refractivity contribution in [3.63, 3.8) is 0 Å². The molecular weight excluding hydrogens is 629 g/mol. The molecule has 234 valence electrons. The summed E-state index contributed by atoms with van der Waals surface area (Å²) in [6.07, 6.45) is 0. The molecule has 11 rings (SSSR count). The summed E-state index contributed by atoms with van der Waals surface area (Å²) >= 11 is 1.86. The smallest absolute Gasteiger partial charge is 0.159 e. The summed E-state index contributed by atoms with van der Waals surface area (Å²) in [4.78, 5) is 2.41. The summed E-state index contributed by atoms with van der Waals surface area (Å²) in [5, 5.41) is 9.72. The Labute approximate surface area is 291 Å². The summed E-state index contributed by atoms with van der Waals surface area (Å²) in [6.45, 7) is 0. The molecule has 0 aliphatic rings. The van der Waals surface area contributed by atoms with E-state index in [1.54, 1.807) is 0 Å². The molecule has 3 heterocycles. The third-order valence-corrected chi connectivity index (χ3v) is 11.3. The number of rotatable bonds is 4. The largest absolute Gasteiger partial charge is 0.454 e. The molecule has 0 fully saturated rings. The normalized spacial score (nSPS) is 12.0. The molecule has 11 aromatic rings. The van der Waals surface area contributed by atoms with Gasteiger partial charge < -0.3 is 13.9 Å². The maximum atomic E-state index is 6.75. The van der Waals surface area contributed by atoms with Crippen LogP contribution < -0.4 is 4.90 Å². The number of fused-ring (bicyclic) bond motifs is 11. The summed E-state index contributed by atoms with van der Waals surface area (Å²) in [7, 11) is 0. The van der Waals surface area contributed by atoms with E-state index in [-0.39, 0.29) is 0 Å². The number of para-hydroxylation sites is 5. The number of furan rings is 1. The van der Waals surface area contributed by atoms with Gasteiger partial charge in [-0.1, -0.05) is 109 Å². The van der Waals surface area contributed by atoms with Crippen LogP contribution in [0.3, 0.4) is 0 Å². The molecule has 0 atom stereocenters. The van der Waals surface area contributed by atoms with Gasteiger partial charge in [0.1, 0.15) is 5.58 Å². The first-order chi connectivity index (χ1) is 24.8. The van der Waals surface area contributed by atoms with Crippen LogP contribution in [-0.2, 0) is 0 Å². The lowest BCUT2D eigenvalue weighted by Crippen LogP contribution is -2.12. The lowest BCUT2D eigenvalue weighted by atomic mass is 10.0. The molecule has 0 unspecified atom stereocenters. The second kappa shape index (κ2) is 10.6. The molecule has 50 heavy (non-hydrogen) atoms. The average molecular weight is 657 g/mol. The van der Waals surface area contributed by atoms with Gasteiger partial charge in [0.25, 0.3) is 0 Å². The van der Waals surface area contributed by atoms with E-state index in [1.807, 2.05) is 17.4 Å². The van der Waals surface area contributed by atoms with E-state index in [9.17, 15) is 0 Å². The predicted octanol–water partition coefficient (Wildman–Crippen LogP) is 13.7. The molecule has 0 amide bonds. The van der Waals surface area contributed by atoms with Crippen LogP contribution in [-0.4, -0.2) is 4.57 Å². The summed E-state index contributed by atoms with van der Waals surface area (Å²) < 4.78 is 11.8. The van der Waals surface area contributed by atoms with Gasteiger partial charge in [0.15, 0.2) is 5.58 Å². The maximum Gasteiger partial charge on any atom is 0.159 e. The van der Waals surface area contributed by atoms with Crippen molar-refractivity contribution < 1.29 is 4.42 Å². The molecule has 0 aliphatic carbocycles. The number of hydrogen-bond donors (Lipinski definition) is 0. The van der Waals surface area contributed by atoms with Gasteiger partial charge in [0.05, 0.1) is 22.4 Å². The Kier molecular flexibility index (Phi) is 5.83. The summed E-state index contributed by atoms with van der Waals surface area (Å²) in [5.41, 5.74) is 8.35. The van der Waals surface area contributed by atoms with E-state index in [1.165, 1.54) is 47.2 Å². The Hall–Kier alpha value is -6.36. The first kappa shape index (κ1) is 27.6. The minimum absolute atomic E-state index is 0.868. The monoisotopic (exact) mass is 656 g/mol. The lowest BCUT2D eigenvalue weighted by molar-refractivity contribution is 0.669. The van der Waals surface area contributed by atoms with Crippen LogP contribution >= 0.6 is 11.3 Å². The summed E-state index contributed by atoms with van der Waals surface area (Å²) in [5.74, 6) is 0. The highest BCUT2D eigenvalue weighted by Gasteiger charge is 2.25. The van der Waals surface area contributed by atoms with Gasteiger partial charge in [0, 0.05) is 53.1 Å². The molecule has 8 aromatic carbocycles. The standard InChI is InChI=1S/C46H28N2OS/c1-2-12-30(13-3-1)48-38-19-7-4-14-32(38)34-17-10-20-39(45(34)48)47(40-21-11-18-35-33-15-5-8-22-41(33)49-46(35)40)31-26-24-29-25-27-43-44(37(29)28-31)36-16-6-9-23-42(36)50-43/h1-28H. The van der Waals surface area contributed by atoms with E-state index in [0.717, 1.165) is 50.2 Å². The molecule has 0 N–H and O–H groups in total. The molecule has 3 aromatic heterocycles. The number of nitrogens with zero attached hydrogens (tertiary/aromatic N) is 2. The highest BCUT2D eigenvalue weighted by atomic mass is 32.1. The lowest BCUT2D eigenvalue weighted by Gasteiger charge is -2.27. The SMILES string of the molecule is c1ccc(-n2c3ccccc3c3cccc(N(c4ccc5ccc6sc7ccccc7c6c5c4)c4cccc5c4oc4ccccc45)c32)cc1. The van der Waals surface area contributed by atoms with Crippen molar-refractivity contribution in [2.45, 2.75) is 0 Å². The second-order valence-electron chi connectivity index (χ2n) is 12.9. The van der Waals surface area contributed by atoms with Gasteiger partial charge in [-0.3, -0.25) is 0 Å². The van der Waals surface area contributed by atoms with E-state index < -0.39 is 0 Å².